The normalized spacial score (nSPS) is 10.6. The van der Waals surface area contributed by atoms with Crippen LogP contribution in [0.15, 0.2) is 48.8 Å². The standard InChI is InChI=1S/C17H22N2O3/c20-9-11-21-10-8-19-13-16-5-1-2-6-17(16)22-14-15-4-3-7-18-12-15/h1-7,12,19-20H,8-11,13-14H2. The molecule has 1 heterocycles. The Morgan fingerprint density at radius 1 is 1.09 bits per heavy atom. The van der Waals surface area contributed by atoms with E-state index in [4.69, 9.17) is 14.6 Å². The summed E-state index contributed by atoms with van der Waals surface area (Å²) >= 11 is 0. The molecule has 5 heteroatoms. The van der Waals surface area contributed by atoms with Crippen molar-refractivity contribution in [3.05, 3.63) is 59.9 Å². The van der Waals surface area contributed by atoms with E-state index >= 15 is 0 Å². The lowest BCUT2D eigenvalue weighted by atomic mass is 10.2. The van der Waals surface area contributed by atoms with Gasteiger partial charge in [-0.1, -0.05) is 24.3 Å². The monoisotopic (exact) mass is 302 g/mol. The minimum Gasteiger partial charge on any atom is -0.489 e. The van der Waals surface area contributed by atoms with Gasteiger partial charge >= 0.3 is 0 Å². The fourth-order valence-corrected chi connectivity index (χ4v) is 1.97. The molecule has 1 aromatic carbocycles. The predicted octanol–water partition coefficient (Wildman–Crippen LogP) is 1.76. The molecule has 0 aliphatic heterocycles. The van der Waals surface area contributed by atoms with Crippen LogP contribution in [0.4, 0.5) is 0 Å². The van der Waals surface area contributed by atoms with Crippen molar-refractivity contribution in [3.63, 3.8) is 0 Å². The lowest BCUT2D eigenvalue weighted by Crippen LogP contribution is -2.20. The van der Waals surface area contributed by atoms with Crippen molar-refractivity contribution in [2.45, 2.75) is 13.2 Å². The fraction of sp³-hybridized carbons (Fsp3) is 0.353. The van der Waals surface area contributed by atoms with Crippen molar-refractivity contribution in [2.24, 2.45) is 0 Å². The van der Waals surface area contributed by atoms with Gasteiger partial charge in [0.25, 0.3) is 0 Å². The number of pyridine rings is 1. The number of aromatic nitrogens is 1. The van der Waals surface area contributed by atoms with E-state index in [9.17, 15) is 0 Å². The molecule has 0 aliphatic rings. The average molecular weight is 302 g/mol. The van der Waals surface area contributed by atoms with E-state index in [2.05, 4.69) is 10.3 Å². The van der Waals surface area contributed by atoms with Crippen molar-refractivity contribution >= 4 is 0 Å². The Hall–Kier alpha value is -1.95. The van der Waals surface area contributed by atoms with Crippen molar-refractivity contribution in [1.82, 2.24) is 10.3 Å². The van der Waals surface area contributed by atoms with Crippen molar-refractivity contribution in [1.29, 1.82) is 0 Å². The van der Waals surface area contributed by atoms with Crippen LogP contribution in [0.2, 0.25) is 0 Å². The Morgan fingerprint density at radius 2 is 2.00 bits per heavy atom. The summed E-state index contributed by atoms with van der Waals surface area (Å²) < 4.78 is 11.1. The van der Waals surface area contributed by atoms with Crippen molar-refractivity contribution in [2.75, 3.05) is 26.4 Å². The van der Waals surface area contributed by atoms with Crippen LogP contribution >= 0.6 is 0 Å². The van der Waals surface area contributed by atoms with E-state index in [-0.39, 0.29) is 6.61 Å². The zero-order valence-electron chi connectivity index (χ0n) is 12.6. The van der Waals surface area contributed by atoms with Crippen LogP contribution in [-0.4, -0.2) is 36.5 Å². The van der Waals surface area contributed by atoms with Gasteiger partial charge in [0.05, 0.1) is 19.8 Å². The molecule has 1 aromatic heterocycles. The molecule has 0 spiro atoms. The highest BCUT2D eigenvalue weighted by molar-refractivity contribution is 5.33. The molecule has 0 bridgehead atoms. The van der Waals surface area contributed by atoms with Crippen molar-refractivity contribution in [3.8, 4) is 5.75 Å². The SMILES string of the molecule is OCCOCCNCc1ccccc1OCc1cccnc1. The van der Waals surface area contributed by atoms with E-state index in [0.29, 0.717) is 26.4 Å². The molecule has 0 unspecified atom stereocenters. The molecular formula is C17H22N2O3. The van der Waals surface area contributed by atoms with E-state index in [1.54, 1.807) is 12.4 Å². The number of nitrogens with zero attached hydrogens (tertiary/aromatic N) is 1. The molecule has 0 atom stereocenters. The summed E-state index contributed by atoms with van der Waals surface area (Å²) in [4.78, 5) is 4.08. The number of rotatable bonds is 10. The Labute approximate surface area is 130 Å². The van der Waals surface area contributed by atoms with Crippen LogP contribution in [0.5, 0.6) is 5.75 Å². The number of nitrogens with one attached hydrogen (secondary N) is 1. The van der Waals surface area contributed by atoms with Gasteiger partial charge in [-0.15, -0.1) is 0 Å². The fourth-order valence-electron chi connectivity index (χ4n) is 1.97. The van der Waals surface area contributed by atoms with Crippen LogP contribution in [0.3, 0.4) is 0 Å². The van der Waals surface area contributed by atoms with Crippen LogP contribution < -0.4 is 10.1 Å². The van der Waals surface area contributed by atoms with E-state index < -0.39 is 0 Å². The second-order valence-corrected chi connectivity index (χ2v) is 4.77. The number of hydrogen-bond acceptors (Lipinski definition) is 5. The minimum absolute atomic E-state index is 0.0605. The Balaban J connectivity index is 1.79. The Bertz CT molecular complexity index is 534. The second kappa shape index (κ2) is 9.89. The molecule has 22 heavy (non-hydrogen) atoms. The Morgan fingerprint density at radius 3 is 2.82 bits per heavy atom. The number of aliphatic hydroxyl groups excluding tert-OH is 1. The van der Waals surface area contributed by atoms with Gasteiger partial charge < -0.3 is 19.9 Å². The highest BCUT2D eigenvalue weighted by atomic mass is 16.5. The first-order valence-electron chi connectivity index (χ1n) is 7.39. The van der Waals surface area contributed by atoms with Gasteiger partial charge in [-0.25, -0.2) is 0 Å². The second-order valence-electron chi connectivity index (χ2n) is 4.77. The number of aliphatic hydroxyl groups is 1. The van der Waals surface area contributed by atoms with Crippen LogP contribution in [0.1, 0.15) is 11.1 Å². The molecule has 118 valence electrons. The predicted molar refractivity (Wildman–Crippen MR) is 84.6 cm³/mol. The molecule has 0 saturated carbocycles. The molecule has 2 rings (SSSR count). The molecule has 5 nitrogen and oxygen atoms in total. The van der Waals surface area contributed by atoms with Gasteiger partial charge in [0.1, 0.15) is 12.4 Å². The smallest absolute Gasteiger partial charge is 0.124 e. The van der Waals surface area contributed by atoms with Gasteiger partial charge in [-0.3, -0.25) is 4.98 Å². The molecule has 0 fully saturated rings. The number of para-hydroxylation sites is 1. The van der Waals surface area contributed by atoms with Crippen LogP contribution in [0, 0.1) is 0 Å². The highest BCUT2D eigenvalue weighted by Crippen LogP contribution is 2.19. The summed E-state index contributed by atoms with van der Waals surface area (Å²) in [6.45, 7) is 2.98. The number of benzene rings is 1. The highest BCUT2D eigenvalue weighted by Gasteiger charge is 2.03. The number of hydrogen-bond donors (Lipinski definition) is 2. The maximum Gasteiger partial charge on any atom is 0.124 e. The van der Waals surface area contributed by atoms with E-state index in [0.717, 1.165) is 23.4 Å². The first-order chi connectivity index (χ1) is 10.9. The van der Waals surface area contributed by atoms with E-state index in [1.165, 1.54) is 0 Å². The van der Waals surface area contributed by atoms with Gasteiger partial charge in [-0.2, -0.15) is 0 Å². The van der Waals surface area contributed by atoms with E-state index in [1.807, 2.05) is 36.4 Å². The third-order valence-corrected chi connectivity index (χ3v) is 3.06. The largest absolute Gasteiger partial charge is 0.489 e. The van der Waals surface area contributed by atoms with Crippen LogP contribution in [-0.2, 0) is 17.9 Å². The van der Waals surface area contributed by atoms with Gasteiger partial charge in [0.2, 0.25) is 0 Å². The molecular weight excluding hydrogens is 280 g/mol. The summed E-state index contributed by atoms with van der Waals surface area (Å²) in [5.74, 6) is 0.870. The quantitative estimate of drug-likeness (QED) is 0.655. The molecule has 0 radical (unpaired) electrons. The van der Waals surface area contributed by atoms with Gasteiger partial charge in [0.15, 0.2) is 0 Å². The summed E-state index contributed by atoms with van der Waals surface area (Å²) in [5, 5.41) is 11.9. The third kappa shape index (κ3) is 5.81. The zero-order valence-corrected chi connectivity index (χ0v) is 12.6. The average Bonchev–Trinajstić information content (AvgIpc) is 2.58. The van der Waals surface area contributed by atoms with Gasteiger partial charge in [-0.05, 0) is 12.1 Å². The molecule has 2 N–H and O–H groups in total. The lowest BCUT2D eigenvalue weighted by Gasteiger charge is -2.12. The maximum absolute atomic E-state index is 8.62. The zero-order chi connectivity index (χ0) is 15.5. The van der Waals surface area contributed by atoms with Crippen molar-refractivity contribution < 1.29 is 14.6 Å². The summed E-state index contributed by atoms with van der Waals surface area (Å²) in [5.41, 5.74) is 2.15. The van der Waals surface area contributed by atoms with Gasteiger partial charge in [0, 0.05) is 36.6 Å². The topological polar surface area (TPSA) is 63.6 Å². The summed E-state index contributed by atoms with van der Waals surface area (Å²) in [7, 11) is 0. The maximum atomic E-state index is 8.62. The molecule has 0 amide bonds. The first-order valence-corrected chi connectivity index (χ1v) is 7.39. The number of ether oxygens (including phenoxy) is 2. The summed E-state index contributed by atoms with van der Waals surface area (Å²) in [6.07, 6.45) is 3.56. The molecule has 0 saturated heterocycles. The molecule has 2 aromatic rings. The Kier molecular flexibility index (Phi) is 7.38. The van der Waals surface area contributed by atoms with Crippen LogP contribution in [0.25, 0.3) is 0 Å². The summed E-state index contributed by atoms with van der Waals surface area (Å²) in [6, 6.07) is 11.9. The third-order valence-electron chi connectivity index (χ3n) is 3.06. The minimum atomic E-state index is 0.0605. The first kappa shape index (κ1) is 16.4. The molecule has 0 aliphatic carbocycles. The lowest BCUT2D eigenvalue weighted by molar-refractivity contribution is 0.0937.